The van der Waals surface area contributed by atoms with Crippen molar-refractivity contribution in [2.24, 2.45) is 0 Å². The zero-order valence-corrected chi connectivity index (χ0v) is 17.8. The Bertz CT molecular complexity index is 928. The van der Waals surface area contributed by atoms with Gasteiger partial charge in [-0.3, -0.25) is 14.4 Å². The number of nitrogens with zero attached hydrogens (tertiary/aromatic N) is 2. The average molecular weight is 418 g/mol. The number of amides is 1. The Morgan fingerprint density at radius 1 is 1.03 bits per heavy atom. The van der Waals surface area contributed by atoms with Crippen LogP contribution in [0.2, 0.25) is 0 Å². The molecule has 8 heteroatoms. The number of thiol groups is 1. The van der Waals surface area contributed by atoms with Crippen molar-refractivity contribution in [3.63, 3.8) is 0 Å². The summed E-state index contributed by atoms with van der Waals surface area (Å²) < 4.78 is 29.3. The fourth-order valence-electron chi connectivity index (χ4n) is 3.71. The minimum absolute atomic E-state index is 0.114. The van der Waals surface area contributed by atoms with Gasteiger partial charge in [-0.05, 0) is 31.5 Å². The molecule has 7 nitrogen and oxygen atoms in total. The highest BCUT2D eigenvalue weighted by Crippen LogP contribution is 2.30. The third-order valence-electron chi connectivity index (χ3n) is 5.49. The Morgan fingerprint density at radius 3 is 2.28 bits per heavy atom. The Labute approximate surface area is 173 Å². The van der Waals surface area contributed by atoms with Gasteiger partial charge in [-0.25, -0.2) is 8.42 Å². The summed E-state index contributed by atoms with van der Waals surface area (Å²) in [6, 6.07) is 15.1. The van der Waals surface area contributed by atoms with Gasteiger partial charge in [0.1, 0.15) is 5.75 Å². The summed E-state index contributed by atoms with van der Waals surface area (Å²) in [5.74, 6) is 0.237. The van der Waals surface area contributed by atoms with Crippen molar-refractivity contribution in [1.29, 1.82) is 0 Å². The van der Waals surface area contributed by atoms with Crippen LogP contribution in [0.5, 0.6) is 5.75 Å². The fourth-order valence-corrected chi connectivity index (χ4v) is 4.06. The Morgan fingerprint density at radius 2 is 1.69 bits per heavy atom. The molecule has 0 unspecified atom stereocenters. The molecule has 0 atom stereocenters. The van der Waals surface area contributed by atoms with Crippen LogP contribution in [0.25, 0.3) is 0 Å². The van der Waals surface area contributed by atoms with E-state index in [1.165, 1.54) is 18.7 Å². The minimum Gasteiger partial charge on any atom is -0.496 e. The monoisotopic (exact) mass is 417 g/mol. The second-order valence-electron chi connectivity index (χ2n) is 7.49. The molecule has 0 aliphatic carbocycles. The van der Waals surface area contributed by atoms with Crippen molar-refractivity contribution in [2.45, 2.75) is 19.4 Å². The molecular formula is C21H27N3O4S. The number of hydrogen-bond acceptors (Lipinski definition) is 5. The summed E-state index contributed by atoms with van der Waals surface area (Å²) >= 11 is 0. The highest BCUT2D eigenvalue weighted by atomic mass is 32.2. The van der Waals surface area contributed by atoms with Gasteiger partial charge in [0, 0.05) is 37.8 Å². The quantitative estimate of drug-likeness (QED) is 0.706. The summed E-state index contributed by atoms with van der Waals surface area (Å²) in [6.45, 7) is 7.18. The number of benzene rings is 2. The van der Waals surface area contributed by atoms with Crippen molar-refractivity contribution in [2.75, 3.05) is 38.0 Å². The van der Waals surface area contributed by atoms with E-state index in [2.05, 4.69) is 35.6 Å². The number of rotatable bonds is 6. The Balaban J connectivity index is 1.70. The maximum absolute atomic E-state index is 13.0. The molecule has 1 amide bonds. The number of ether oxygens (including phenoxy) is 1. The van der Waals surface area contributed by atoms with Gasteiger partial charge in [0.25, 0.3) is 5.91 Å². The van der Waals surface area contributed by atoms with Crippen LogP contribution in [0.4, 0.5) is 5.69 Å². The lowest BCUT2D eigenvalue weighted by atomic mass is 9.91. The lowest BCUT2D eigenvalue weighted by molar-refractivity contribution is 0.0390. The summed E-state index contributed by atoms with van der Waals surface area (Å²) in [5, 5.41) is 0. The van der Waals surface area contributed by atoms with Crippen LogP contribution in [0.15, 0.2) is 48.5 Å². The Kier molecular flexibility index (Phi) is 6.44. The van der Waals surface area contributed by atoms with Crippen LogP contribution in [-0.4, -0.2) is 57.4 Å². The van der Waals surface area contributed by atoms with Crippen LogP contribution in [0.1, 0.15) is 29.8 Å². The number of hydrogen-bond donors (Lipinski definition) is 2. The fraction of sp³-hybridized carbons (Fsp3) is 0.381. The van der Waals surface area contributed by atoms with E-state index in [-0.39, 0.29) is 11.4 Å². The molecule has 1 aliphatic heterocycles. The highest BCUT2D eigenvalue weighted by Gasteiger charge is 2.33. The summed E-state index contributed by atoms with van der Waals surface area (Å²) in [6.07, 6.45) is 0. The van der Waals surface area contributed by atoms with Crippen molar-refractivity contribution >= 4 is 22.5 Å². The Hall–Kier alpha value is -2.58. The van der Waals surface area contributed by atoms with Gasteiger partial charge in [0.2, 0.25) is 10.9 Å². The molecular weight excluding hydrogens is 390 g/mol. The zero-order chi connectivity index (χ0) is 21.0. The van der Waals surface area contributed by atoms with E-state index in [4.69, 9.17) is 4.74 Å². The molecule has 1 fully saturated rings. The summed E-state index contributed by atoms with van der Waals surface area (Å²) in [5.41, 5.74) is 1.93. The SMILES string of the molecule is COc1cc(N[SH](=O)=O)ccc1C(=O)N1CCN(C(C)(C)c2ccccc2)CC1. The molecule has 1 N–H and O–H groups in total. The van der Waals surface area contributed by atoms with Crippen molar-refractivity contribution < 1.29 is 17.9 Å². The molecule has 1 heterocycles. The molecule has 156 valence electrons. The molecule has 0 radical (unpaired) electrons. The minimum atomic E-state index is -2.77. The van der Waals surface area contributed by atoms with Crippen LogP contribution >= 0.6 is 0 Å². The van der Waals surface area contributed by atoms with E-state index in [1.54, 1.807) is 12.1 Å². The predicted molar refractivity (Wildman–Crippen MR) is 114 cm³/mol. The molecule has 0 spiro atoms. The molecule has 3 rings (SSSR count). The van der Waals surface area contributed by atoms with Gasteiger partial charge in [-0.1, -0.05) is 30.3 Å². The van der Waals surface area contributed by atoms with Crippen LogP contribution in [0.3, 0.4) is 0 Å². The first-order chi connectivity index (χ1) is 13.8. The van der Waals surface area contributed by atoms with E-state index in [0.29, 0.717) is 30.1 Å². The van der Waals surface area contributed by atoms with Gasteiger partial charge in [0.05, 0.1) is 18.4 Å². The van der Waals surface area contributed by atoms with Crippen molar-refractivity contribution in [3.8, 4) is 5.75 Å². The lowest BCUT2D eigenvalue weighted by Gasteiger charge is -2.44. The first-order valence-electron chi connectivity index (χ1n) is 9.52. The van der Waals surface area contributed by atoms with E-state index < -0.39 is 10.9 Å². The number of piperazine rings is 1. The average Bonchev–Trinajstić information content (AvgIpc) is 2.73. The maximum Gasteiger partial charge on any atom is 0.257 e. The number of nitrogens with one attached hydrogen (secondary N) is 1. The molecule has 2 aromatic carbocycles. The molecule has 0 bridgehead atoms. The topological polar surface area (TPSA) is 78.9 Å². The van der Waals surface area contributed by atoms with Gasteiger partial charge in [0.15, 0.2) is 0 Å². The lowest BCUT2D eigenvalue weighted by Crippen LogP contribution is -2.54. The van der Waals surface area contributed by atoms with E-state index in [0.717, 1.165) is 13.1 Å². The van der Waals surface area contributed by atoms with E-state index in [1.807, 2.05) is 23.1 Å². The predicted octanol–water partition coefficient (Wildman–Crippen LogP) is 2.33. The molecule has 0 saturated carbocycles. The smallest absolute Gasteiger partial charge is 0.257 e. The van der Waals surface area contributed by atoms with Crippen LogP contribution in [0, 0.1) is 0 Å². The number of methoxy groups -OCH3 is 1. The van der Waals surface area contributed by atoms with Crippen molar-refractivity contribution in [3.05, 3.63) is 59.7 Å². The standard InChI is InChI=1S/C21H27N3O4S/c1-21(2,16-7-5-4-6-8-16)24-13-11-23(12-14-24)20(25)18-10-9-17(22-29(26)27)15-19(18)28-3/h4-10,15,29H,11-14H2,1-3H3,(H,22,26,27). The van der Waals surface area contributed by atoms with E-state index >= 15 is 0 Å². The van der Waals surface area contributed by atoms with Crippen molar-refractivity contribution in [1.82, 2.24) is 9.80 Å². The number of carbonyl (C=O) groups excluding carboxylic acids is 1. The van der Waals surface area contributed by atoms with Gasteiger partial charge in [-0.2, -0.15) is 0 Å². The molecule has 2 aromatic rings. The van der Waals surface area contributed by atoms with Gasteiger partial charge >= 0.3 is 0 Å². The summed E-state index contributed by atoms with van der Waals surface area (Å²) in [7, 11) is -1.31. The largest absolute Gasteiger partial charge is 0.496 e. The molecule has 1 aliphatic rings. The van der Waals surface area contributed by atoms with E-state index in [9.17, 15) is 13.2 Å². The maximum atomic E-state index is 13.0. The molecule has 29 heavy (non-hydrogen) atoms. The number of anilines is 1. The third kappa shape index (κ3) is 4.71. The summed E-state index contributed by atoms with van der Waals surface area (Å²) in [4.78, 5) is 17.2. The highest BCUT2D eigenvalue weighted by molar-refractivity contribution is 7.73. The van der Waals surface area contributed by atoms with Gasteiger partial charge < -0.3 is 9.64 Å². The van der Waals surface area contributed by atoms with Gasteiger partial charge in [-0.15, -0.1) is 0 Å². The first-order valence-corrected chi connectivity index (χ1v) is 10.7. The van der Waals surface area contributed by atoms with Crippen LogP contribution in [-0.2, 0) is 16.4 Å². The number of carbonyl (C=O) groups is 1. The normalized spacial score (nSPS) is 15.4. The zero-order valence-electron chi connectivity index (χ0n) is 16.9. The molecule has 0 aromatic heterocycles. The van der Waals surface area contributed by atoms with Crippen LogP contribution < -0.4 is 9.46 Å². The second kappa shape index (κ2) is 8.84. The third-order valence-corrected chi connectivity index (χ3v) is 5.93. The second-order valence-corrected chi connectivity index (χ2v) is 8.23. The molecule has 1 saturated heterocycles. The first kappa shape index (κ1) is 21.1.